The Bertz CT molecular complexity index is 856. The third-order valence-electron chi connectivity index (χ3n) is 3.93. The van der Waals surface area contributed by atoms with Gasteiger partial charge in [-0.05, 0) is 0 Å². The number of hydrogen-bond acceptors (Lipinski definition) is 9. The van der Waals surface area contributed by atoms with Gasteiger partial charge in [-0.1, -0.05) is 0 Å². The molecule has 138 valence electrons. The minimum atomic E-state index is -0.911. The number of nitrogens with zero attached hydrogens (tertiary/aromatic N) is 5. The molecule has 2 aromatic heterocycles. The van der Waals surface area contributed by atoms with Crippen LogP contribution in [-0.2, 0) is 11.3 Å². The number of aromatic nitrogens is 4. The summed E-state index contributed by atoms with van der Waals surface area (Å²) in [5.74, 6) is 0.566. The van der Waals surface area contributed by atoms with Gasteiger partial charge < -0.3 is 0 Å². The van der Waals surface area contributed by atoms with Crippen LogP contribution in [0.5, 0.6) is 6.01 Å². The van der Waals surface area contributed by atoms with Gasteiger partial charge in [0.1, 0.15) is 0 Å². The number of hydrogen-bond donors (Lipinski definition) is 1. The summed E-state index contributed by atoms with van der Waals surface area (Å²) in [5.41, 5.74) is 1.40. The molecule has 4 heterocycles. The number of thioether (sulfide) groups is 1. The molecule has 0 bridgehead atoms. The molecule has 4 rings (SSSR count). The summed E-state index contributed by atoms with van der Waals surface area (Å²) >= 11 is 0.716. The van der Waals surface area contributed by atoms with Gasteiger partial charge in [-0.25, -0.2) is 0 Å². The molecule has 0 unspecified atom stereocenters. The van der Waals surface area contributed by atoms with E-state index in [1.54, 1.807) is 30.4 Å². The standard InChI is InChI=1S/C17H17N5O3S.Sn/c1-12(26-11-21-16-9-19-13(10-23)8-20-16)15-2-5-18-17(22-15)25-14-3-6-24-7-4-14;/h1-2,5,8-9,14,23H,3-4,6-7,10H2;. The third kappa shape index (κ3) is 5.03. The molecule has 2 aliphatic heterocycles. The third-order valence-corrected chi connectivity index (χ3v) is 9.28. The van der Waals surface area contributed by atoms with Gasteiger partial charge in [-0.3, -0.25) is 0 Å². The van der Waals surface area contributed by atoms with Crippen molar-refractivity contribution in [2.24, 2.45) is 4.99 Å². The van der Waals surface area contributed by atoms with Crippen LogP contribution >= 0.6 is 11.8 Å². The van der Waals surface area contributed by atoms with Gasteiger partial charge in [0, 0.05) is 0 Å². The van der Waals surface area contributed by atoms with Crippen LogP contribution in [0, 0.1) is 0 Å². The molecule has 1 fully saturated rings. The first-order valence-electron chi connectivity index (χ1n) is 8.53. The monoisotopic (exact) mass is 491 g/mol. The van der Waals surface area contributed by atoms with Crippen molar-refractivity contribution in [2.45, 2.75) is 25.6 Å². The van der Waals surface area contributed by atoms with E-state index in [0.717, 1.165) is 39.7 Å². The maximum atomic E-state index is 9.03. The fraction of sp³-hybridized carbons (Fsp3) is 0.353. The summed E-state index contributed by atoms with van der Waals surface area (Å²) in [6.45, 7) is 1.33. The first-order valence-corrected chi connectivity index (χ1v) is 12.4. The van der Waals surface area contributed by atoms with Crippen molar-refractivity contribution in [3.05, 3.63) is 40.1 Å². The Kier molecular flexibility index (Phi) is 6.32. The fourth-order valence-electron chi connectivity index (χ4n) is 2.54. The molecule has 1 N–H and O–H groups in total. The van der Waals surface area contributed by atoms with E-state index < -0.39 is 21.1 Å². The number of aliphatic imine (C=N–C) groups is 1. The summed E-state index contributed by atoms with van der Waals surface area (Å²) in [5, 5.41) is 9.03. The summed E-state index contributed by atoms with van der Waals surface area (Å²) in [6.07, 6.45) is 6.72. The predicted octanol–water partition coefficient (Wildman–Crippen LogP) is 1.75. The van der Waals surface area contributed by atoms with Gasteiger partial charge in [-0.2, -0.15) is 0 Å². The van der Waals surface area contributed by atoms with Gasteiger partial charge in [0.05, 0.1) is 0 Å². The number of aliphatic hydroxyl groups excluding tert-OH is 1. The second-order valence-corrected chi connectivity index (χ2v) is 10.9. The van der Waals surface area contributed by atoms with Crippen LogP contribution in [-0.4, -0.2) is 68.6 Å². The SMILES string of the molecule is OCc1cnc(N=[C]2SC(c3ccnc(OC4CCOCC4)n3)=[CH][Sn]2)cn1. The molecule has 2 aliphatic rings. The summed E-state index contributed by atoms with van der Waals surface area (Å²) in [7, 11) is 0. The number of aliphatic hydroxyl groups is 1. The Hall–Kier alpha value is -1.56. The molecule has 0 aromatic carbocycles. The second kappa shape index (κ2) is 9.09. The Morgan fingerprint density at radius 3 is 2.93 bits per heavy atom. The predicted molar refractivity (Wildman–Crippen MR) is 103 cm³/mol. The molecular formula is C17H17N5O3SSn. The van der Waals surface area contributed by atoms with E-state index >= 15 is 0 Å². The van der Waals surface area contributed by atoms with E-state index in [1.165, 1.54) is 0 Å². The zero-order valence-corrected chi connectivity index (χ0v) is 18.1. The molecule has 27 heavy (non-hydrogen) atoms. The zero-order chi connectivity index (χ0) is 18.5. The van der Waals surface area contributed by atoms with E-state index in [4.69, 9.17) is 14.6 Å². The molecule has 8 nitrogen and oxygen atoms in total. The van der Waals surface area contributed by atoms with Crippen molar-refractivity contribution in [3.63, 3.8) is 0 Å². The van der Waals surface area contributed by atoms with Crippen LogP contribution in [0.15, 0.2) is 33.7 Å². The topological polar surface area (TPSA) is 103 Å². The molecule has 0 aliphatic carbocycles. The summed E-state index contributed by atoms with van der Waals surface area (Å²) in [4.78, 5) is 22.8. The first-order chi connectivity index (χ1) is 13.3. The zero-order valence-electron chi connectivity index (χ0n) is 14.4. The molecule has 0 atom stereocenters. The quantitative estimate of drug-likeness (QED) is 0.633. The fourth-order valence-corrected chi connectivity index (χ4v) is 7.63. The average Bonchev–Trinajstić information content (AvgIpc) is 3.18. The average molecular weight is 490 g/mol. The summed E-state index contributed by atoms with van der Waals surface area (Å²) < 4.78 is 14.6. The normalized spacial score (nSPS) is 19.3. The van der Waals surface area contributed by atoms with E-state index in [9.17, 15) is 0 Å². The molecule has 2 radical (unpaired) electrons. The van der Waals surface area contributed by atoms with Crippen molar-refractivity contribution >= 4 is 46.7 Å². The van der Waals surface area contributed by atoms with Gasteiger partial charge in [0.25, 0.3) is 0 Å². The molecule has 0 saturated carbocycles. The molecule has 0 spiro atoms. The van der Waals surface area contributed by atoms with E-state index in [2.05, 4.69) is 29.0 Å². The van der Waals surface area contributed by atoms with Gasteiger partial charge in [-0.15, -0.1) is 0 Å². The number of rotatable bonds is 5. The van der Waals surface area contributed by atoms with Crippen molar-refractivity contribution in [1.29, 1.82) is 0 Å². The minimum absolute atomic E-state index is 0.118. The van der Waals surface area contributed by atoms with Crippen LogP contribution in [0.1, 0.15) is 24.2 Å². The van der Waals surface area contributed by atoms with Crippen LogP contribution in [0.25, 0.3) is 4.91 Å². The summed E-state index contributed by atoms with van der Waals surface area (Å²) in [6, 6.07) is 2.32. The van der Waals surface area contributed by atoms with E-state index in [-0.39, 0.29) is 12.7 Å². The number of ether oxygens (including phenoxy) is 2. The Morgan fingerprint density at radius 1 is 1.26 bits per heavy atom. The van der Waals surface area contributed by atoms with Crippen molar-refractivity contribution in [3.8, 4) is 6.01 Å². The van der Waals surface area contributed by atoms with Crippen molar-refractivity contribution in [2.75, 3.05) is 13.2 Å². The van der Waals surface area contributed by atoms with Crippen LogP contribution < -0.4 is 4.74 Å². The second-order valence-electron chi connectivity index (χ2n) is 5.85. The molecule has 0 amide bonds. The Balaban J connectivity index is 1.42. The van der Waals surface area contributed by atoms with Crippen molar-refractivity contribution < 1.29 is 14.6 Å². The van der Waals surface area contributed by atoms with Gasteiger partial charge in [0.2, 0.25) is 0 Å². The van der Waals surface area contributed by atoms with Gasteiger partial charge >= 0.3 is 171 Å². The molecule has 10 heteroatoms. The Labute approximate surface area is 170 Å². The Morgan fingerprint density at radius 2 is 2.15 bits per heavy atom. The van der Waals surface area contributed by atoms with Crippen LogP contribution in [0.2, 0.25) is 0 Å². The van der Waals surface area contributed by atoms with E-state index in [0.29, 0.717) is 17.5 Å². The van der Waals surface area contributed by atoms with Crippen LogP contribution in [0.3, 0.4) is 0 Å². The molecule has 2 aromatic rings. The van der Waals surface area contributed by atoms with Gasteiger partial charge in [0.15, 0.2) is 0 Å². The first kappa shape index (κ1) is 18.8. The molecular weight excluding hydrogens is 473 g/mol. The van der Waals surface area contributed by atoms with Crippen LogP contribution in [0.4, 0.5) is 5.82 Å². The molecule has 1 saturated heterocycles. The maximum absolute atomic E-state index is 9.03. The van der Waals surface area contributed by atoms with E-state index in [1.807, 2.05) is 6.07 Å². The van der Waals surface area contributed by atoms with Crippen molar-refractivity contribution in [1.82, 2.24) is 19.9 Å².